The average molecular weight is 424 g/mol. The second-order valence-corrected chi connectivity index (χ2v) is 5.25. The Kier molecular flexibility index (Phi) is 3.73. The maximum atomic E-state index is 4.40. The van der Waals surface area contributed by atoms with Crippen LogP contribution in [0.15, 0.2) is 29.3 Å². The number of hydrogen-bond donors (Lipinski definition) is 0. The van der Waals surface area contributed by atoms with Crippen molar-refractivity contribution in [3.63, 3.8) is 0 Å². The van der Waals surface area contributed by atoms with E-state index in [0.717, 1.165) is 20.0 Å². The first-order valence-corrected chi connectivity index (χ1v) is 6.16. The van der Waals surface area contributed by atoms with Gasteiger partial charge in [0, 0.05) is 0 Å². The van der Waals surface area contributed by atoms with Crippen LogP contribution >= 0.6 is 27.3 Å². The third-order valence-corrected chi connectivity index (χ3v) is 3.49. The fourth-order valence-electron chi connectivity index (χ4n) is 1.47. The number of nitrogens with zero attached hydrogens (tertiary/aromatic N) is 5. The monoisotopic (exact) mass is 423 g/mol. The molecule has 0 bridgehead atoms. The molecule has 0 aromatic carbocycles. The molecule has 0 aliphatic rings. The van der Waals surface area contributed by atoms with E-state index in [1.165, 1.54) is 11.3 Å². The number of aromatic nitrogens is 5. The van der Waals surface area contributed by atoms with Crippen LogP contribution in [0, 0.1) is 0 Å². The van der Waals surface area contributed by atoms with Crippen LogP contribution in [0.2, 0.25) is 0 Å². The van der Waals surface area contributed by atoms with Crippen molar-refractivity contribution in [2.45, 2.75) is 0 Å². The zero-order chi connectivity index (χ0) is 11.1. The molecule has 0 atom stereocenters. The highest BCUT2D eigenvalue weighted by Gasteiger charge is 2.11. The van der Waals surface area contributed by atoms with Crippen LogP contribution < -0.4 is 28.5 Å². The third kappa shape index (κ3) is 2.47. The van der Waals surface area contributed by atoms with Crippen molar-refractivity contribution >= 4 is 32.2 Å². The maximum absolute atomic E-state index is 4.40. The number of fused-ring (bicyclic) bond motifs is 1. The van der Waals surface area contributed by atoms with Gasteiger partial charge in [0.1, 0.15) is 13.4 Å². The first-order valence-electron chi connectivity index (χ1n) is 4.55. The Bertz CT molecular complexity index is 616. The molecular formula is C9H7BrIN5S. The first kappa shape index (κ1) is 12.8. The van der Waals surface area contributed by atoms with Gasteiger partial charge >= 0.3 is 0 Å². The summed E-state index contributed by atoms with van der Waals surface area (Å²) in [6.07, 6.45) is 5.62. The molecule has 0 amide bonds. The summed E-state index contributed by atoms with van der Waals surface area (Å²) >= 11 is 4.98. The Hall–Kier alpha value is -0.610. The highest BCUT2D eigenvalue weighted by atomic mass is 127. The standard InChI is InChI=1S/C9H7BrN5S.HI/c1-14-3-6(2-7(10)4-14)8-13-15-5-11-12-9(15)16-8;/h2-5H,1H3;1H/q+1;/p-1. The highest BCUT2D eigenvalue weighted by molar-refractivity contribution is 9.10. The minimum absolute atomic E-state index is 0. The average Bonchev–Trinajstić information content (AvgIpc) is 2.74. The molecule has 0 aliphatic carbocycles. The van der Waals surface area contributed by atoms with Gasteiger partial charge in [-0.1, -0.05) is 11.3 Å². The largest absolute Gasteiger partial charge is 1.00 e. The van der Waals surface area contributed by atoms with Crippen molar-refractivity contribution in [3.05, 3.63) is 29.3 Å². The summed E-state index contributed by atoms with van der Waals surface area (Å²) in [6.45, 7) is 0. The molecule has 5 nitrogen and oxygen atoms in total. The van der Waals surface area contributed by atoms with E-state index in [1.807, 2.05) is 30.1 Å². The van der Waals surface area contributed by atoms with Crippen LogP contribution in [0.4, 0.5) is 0 Å². The molecule has 0 unspecified atom stereocenters. The molecule has 0 aliphatic heterocycles. The Morgan fingerprint density at radius 2 is 2.24 bits per heavy atom. The van der Waals surface area contributed by atoms with E-state index in [4.69, 9.17) is 0 Å². The lowest BCUT2D eigenvalue weighted by atomic mass is 10.3. The topological polar surface area (TPSA) is 47.0 Å². The van der Waals surface area contributed by atoms with Crippen LogP contribution in [-0.2, 0) is 7.05 Å². The highest BCUT2D eigenvalue weighted by Crippen LogP contribution is 2.25. The van der Waals surface area contributed by atoms with E-state index in [-0.39, 0.29) is 24.0 Å². The molecule has 3 aromatic heterocycles. The van der Waals surface area contributed by atoms with Gasteiger partial charge in [0.05, 0.1) is 10.0 Å². The summed E-state index contributed by atoms with van der Waals surface area (Å²) in [5.74, 6) is 0. The number of aryl methyl sites for hydroxylation is 1. The summed E-state index contributed by atoms with van der Waals surface area (Å²) in [5.41, 5.74) is 1.06. The molecule has 0 saturated heterocycles. The molecule has 0 saturated carbocycles. The number of rotatable bonds is 1. The van der Waals surface area contributed by atoms with E-state index >= 15 is 0 Å². The quantitative estimate of drug-likeness (QED) is 0.351. The number of pyridine rings is 1. The van der Waals surface area contributed by atoms with Crippen molar-refractivity contribution in [2.75, 3.05) is 0 Å². The second-order valence-electron chi connectivity index (χ2n) is 3.37. The van der Waals surface area contributed by atoms with Gasteiger partial charge in [-0.05, 0) is 22.0 Å². The minimum Gasteiger partial charge on any atom is -1.00 e. The van der Waals surface area contributed by atoms with Gasteiger partial charge in [0.2, 0.25) is 4.96 Å². The minimum atomic E-state index is 0. The second kappa shape index (κ2) is 4.94. The van der Waals surface area contributed by atoms with Crippen LogP contribution in [0.3, 0.4) is 0 Å². The zero-order valence-electron chi connectivity index (χ0n) is 8.71. The van der Waals surface area contributed by atoms with E-state index in [2.05, 4.69) is 31.2 Å². The van der Waals surface area contributed by atoms with E-state index < -0.39 is 0 Å². The van der Waals surface area contributed by atoms with Gasteiger partial charge in [-0.2, -0.15) is 9.61 Å². The Morgan fingerprint density at radius 3 is 2.94 bits per heavy atom. The van der Waals surface area contributed by atoms with Crippen LogP contribution in [0.25, 0.3) is 15.5 Å². The molecule has 88 valence electrons. The lowest BCUT2D eigenvalue weighted by Crippen LogP contribution is -3.00. The molecule has 0 spiro atoms. The maximum Gasteiger partial charge on any atom is 0.234 e. The molecule has 17 heavy (non-hydrogen) atoms. The van der Waals surface area contributed by atoms with Crippen molar-refractivity contribution in [1.82, 2.24) is 19.8 Å². The summed E-state index contributed by atoms with van der Waals surface area (Å²) in [6, 6.07) is 2.03. The lowest BCUT2D eigenvalue weighted by molar-refractivity contribution is -0.671. The van der Waals surface area contributed by atoms with Crippen LogP contribution in [-0.4, -0.2) is 19.8 Å². The fourth-order valence-corrected chi connectivity index (χ4v) is 2.84. The summed E-state index contributed by atoms with van der Waals surface area (Å²) in [5, 5.41) is 13.1. The molecular weight excluding hydrogens is 417 g/mol. The smallest absolute Gasteiger partial charge is 0.234 e. The molecule has 3 rings (SSSR count). The van der Waals surface area contributed by atoms with Crippen LogP contribution in [0.5, 0.6) is 0 Å². The zero-order valence-corrected chi connectivity index (χ0v) is 13.3. The Labute approximate surface area is 127 Å². The van der Waals surface area contributed by atoms with Crippen molar-refractivity contribution in [3.8, 4) is 10.6 Å². The lowest BCUT2D eigenvalue weighted by Gasteiger charge is -1.94. The van der Waals surface area contributed by atoms with Gasteiger partial charge < -0.3 is 24.0 Å². The molecule has 0 N–H and O–H groups in total. The third-order valence-electron chi connectivity index (χ3n) is 2.10. The normalized spacial score (nSPS) is 10.5. The molecule has 0 radical (unpaired) electrons. The number of halogens is 2. The van der Waals surface area contributed by atoms with Gasteiger partial charge in [-0.3, -0.25) is 0 Å². The summed E-state index contributed by atoms with van der Waals surface area (Å²) < 4.78 is 4.70. The SMILES string of the molecule is C[n+]1cc(Br)cc(-c2nn3cnnc3s2)c1.[I-]. The molecule has 8 heteroatoms. The Balaban J connectivity index is 0.00000108. The van der Waals surface area contributed by atoms with Crippen molar-refractivity contribution < 1.29 is 28.5 Å². The van der Waals surface area contributed by atoms with Gasteiger partial charge in [-0.15, -0.1) is 10.2 Å². The molecule has 3 heterocycles. The van der Waals surface area contributed by atoms with Crippen molar-refractivity contribution in [2.24, 2.45) is 7.05 Å². The number of hydrogen-bond acceptors (Lipinski definition) is 4. The van der Waals surface area contributed by atoms with Crippen LogP contribution in [0.1, 0.15) is 0 Å². The van der Waals surface area contributed by atoms with Gasteiger partial charge in [-0.25, -0.2) is 4.57 Å². The van der Waals surface area contributed by atoms with Gasteiger partial charge in [0.25, 0.3) is 0 Å². The predicted octanol–water partition coefficient (Wildman–Crippen LogP) is -1.56. The molecule has 3 aromatic rings. The summed E-state index contributed by atoms with van der Waals surface area (Å²) in [7, 11) is 1.98. The van der Waals surface area contributed by atoms with Gasteiger partial charge in [0.15, 0.2) is 17.4 Å². The van der Waals surface area contributed by atoms with E-state index in [1.54, 1.807) is 10.8 Å². The van der Waals surface area contributed by atoms with E-state index in [9.17, 15) is 0 Å². The van der Waals surface area contributed by atoms with E-state index in [0.29, 0.717) is 0 Å². The predicted molar refractivity (Wildman–Crippen MR) is 63.0 cm³/mol. The molecule has 0 fully saturated rings. The fraction of sp³-hybridized carbons (Fsp3) is 0.111. The summed E-state index contributed by atoms with van der Waals surface area (Å²) in [4.78, 5) is 0.803. The first-order chi connectivity index (χ1) is 7.72. The Morgan fingerprint density at radius 1 is 1.41 bits per heavy atom. The van der Waals surface area contributed by atoms with Crippen molar-refractivity contribution in [1.29, 1.82) is 0 Å².